The molecule has 2 aliphatic heterocycles. The summed E-state index contributed by atoms with van der Waals surface area (Å²) in [6.07, 6.45) is 5.43. The summed E-state index contributed by atoms with van der Waals surface area (Å²) in [5.74, 6) is 4.88. The first-order valence-corrected chi connectivity index (χ1v) is 6.76. The molecule has 2 unspecified atom stereocenters. The average molecular weight is 286 g/mol. The van der Waals surface area contributed by atoms with Crippen molar-refractivity contribution in [3.63, 3.8) is 0 Å². The van der Waals surface area contributed by atoms with E-state index in [2.05, 4.69) is 20.2 Å². The van der Waals surface area contributed by atoms with E-state index in [1.807, 2.05) is 0 Å². The van der Waals surface area contributed by atoms with Gasteiger partial charge in [0.1, 0.15) is 21.6 Å². The minimum absolute atomic E-state index is 0.0545. The molecular formula is C8H6N4O4S2. The maximum absolute atomic E-state index is 11.6. The Bertz CT molecular complexity index is 602. The van der Waals surface area contributed by atoms with E-state index >= 15 is 0 Å². The van der Waals surface area contributed by atoms with Crippen LogP contribution < -0.4 is 5.90 Å². The van der Waals surface area contributed by atoms with Crippen LogP contribution >= 0.6 is 0 Å². The van der Waals surface area contributed by atoms with Gasteiger partial charge in [-0.1, -0.05) is 0 Å². The highest BCUT2D eigenvalue weighted by molar-refractivity contribution is 7.93. The molecule has 0 aromatic carbocycles. The minimum Gasteiger partial charge on any atom is -0.401 e. The Morgan fingerprint density at radius 1 is 0.944 bits per heavy atom. The number of rotatable bonds is 4. The predicted octanol–water partition coefficient (Wildman–Crippen LogP) is 0.986. The molecule has 0 fully saturated rings. The summed E-state index contributed by atoms with van der Waals surface area (Å²) in [7, 11) is -3.37. The van der Waals surface area contributed by atoms with E-state index in [9.17, 15) is 13.3 Å². The van der Waals surface area contributed by atoms with Gasteiger partial charge in [0.2, 0.25) is 5.09 Å². The molecule has 2 rings (SSSR count). The van der Waals surface area contributed by atoms with Crippen molar-refractivity contribution in [1.82, 2.24) is 0 Å². The number of hydrogen-bond acceptors (Lipinski definition) is 8. The lowest BCUT2D eigenvalue weighted by atomic mass is 10.6. The summed E-state index contributed by atoms with van der Waals surface area (Å²) in [5, 5.41) is 9.98. The maximum atomic E-state index is 11.6. The molecule has 2 heterocycles. The third-order valence-corrected chi connectivity index (χ3v) is 4.32. The molecular weight excluding hydrogens is 280 g/mol. The van der Waals surface area contributed by atoms with Crippen LogP contribution in [0.25, 0.3) is 0 Å². The number of nitroso groups, excluding NO2 is 1. The number of nitrogens with zero attached hydrogens (tertiary/aromatic N) is 3. The molecule has 0 saturated carbocycles. The van der Waals surface area contributed by atoms with Gasteiger partial charge in [0, 0.05) is 0 Å². The molecule has 0 bridgehead atoms. The number of nitrogens with two attached hydrogens (primary N) is 1. The Labute approximate surface area is 106 Å². The Balaban J connectivity index is 2.06. The normalized spacial score (nSPS) is 26.7. The van der Waals surface area contributed by atoms with Gasteiger partial charge in [0.25, 0.3) is 0 Å². The summed E-state index contributed by atoms with van der Waals surface area (Å²) >= 11 is 0. The lowest BCUT2D eigenvalue weighted by molar-refractivity contribution is 0.248. The van der Waals surface area contributed by atoms with Gasteiger partial charge >= 0.3 is 0 Å². The first kappa shape index (κ1) is 12.7. The molecule has 0 radical (unpaired) electrons. The van der Waals surface area contributed by atoms with Crippen LogP contribution in [0.1, 0.15) is 0 Å². The zero-order valence-corrected chi connectivity index (χ0v) is 10.3. The summed E-state index contributed by atoms with van der Waals surface area (Å²) in [6.45, 7) is 0. The highest BCUT2D eigenvalue weighted by Gasteiger charge is 2.22. The van der Waals surface area contributed by atoms with E-state index < -0.39 is 21.6 Å². The second-order valence-electron chi connectivity index (χ2n) is 2.95. The monoisotopic (exact) mass is 286 g/mol. The van der Waals surface area contributed by atoms with Gasteiger partial charge < -0.3 is 4.84 Å². The molecule has 0 saturated heterocycles. The first-order valence-electron chi connectivity index (χ1n) is 4.46. The van der Waals surface area contributed by atoms with E-state index in [4.69, 9.17) is 5.90 Å². The third-order valence-electron chi connectivity index (χ3n) is 1.94. The zero-order chi connectivity index (χ0) is 13.1. The van der Waals surface area contributed by atoms with Crippen LogP contribution in [-0.2, 0) is 26.4 Å². The van der Waals surface area contributed by atoms with Gasteiger partial charge in [-0.05, 0) is 29.5 Å². The lowest BCUT2D eigenvalue weighted by Gasteiger charge is -1.97. The molecule has 94 valence electrons. The molecule has 0 aliphatic carbocycles. The second kappa shape index (κ2) is 5.25. The van der Waals surface area contributed by atoms with Crippen molar-refractivity contribution in [3.05, 3.63) is 49.4 Å². The molecule has 0 spiro atoms. The maximum Gasteiger partial charge on any atom is 0.216 e. The van der Waals surface area contributed by atoms with Gasteiger partial charge in [-0.15, -0.1) is 15.1 Å². The Kier molecular flexibility index (Phi) is 3.69. The van der Waals surface area contributed by atoms with Crippen LogP contribution in [0.15, 0.2) is 59.9 Å². The Hall–Kier alpha value is -1.78. The number of azo groups is 1. The van der Waals surface area contributed by atoms with Crippen molar-refractivity contribution in [3.8, 4) is 0 Å². The largest absolute Gasteiger partial charge is 0.401 e. The minimum atomic E-state index is -1.74. The van der Waals surface area contributed by atoms with Crippen molar-refractivity contribution in [2.75, 3.05) is 0 Å². The number of hydrogen-bond donors (Lipinski definition) is 1. The highest BCUT2D eigenvalue weighted by atomic mass is 32.2. The Morgan fingerprint density at radius 3 is 2.00 bits per heavy atom. The van der Waals surface area contributed by atoms with Crippen molar-refractivity contribution >= 4 is 21.6 Å². The van der Waals surface area contributed by atoms with E-state index in [1.165, 1.54) is 24.3 Å². The van der Waals surface area contributed by atoms with E-state index in [1.54, 1.807) is 0 Å². The van der Waals surface area contributed by atoms with Gasteiger partial charge in [-0.2, -0.15) is 5.90 Å². The van der Waals surface area contributed by atoms with E-state index in [0.717, 1.165) is 0 Å². The van der Waals surface area contributed by atoms with Crippen molar-refractivity contribution in [2.24, 2.45) is 21.3 Å². The van der Waals surface area contributed by atoms with Crippen LogP contribution in [-0.4, -0.2) is 8.42 Å². The van der Waals surface area contributed by atoms with Crippen LogP contribution in [0, 0.1) is 4.91 Å². The molecule has 2 N–H and O–H groups in total. The van der Waals surface area contributed by atoms with Gasteiger partial charge in [-0.25, -0.2) is 8.42 Å². The molecule has 0 aromatic heterocycles. The molecule has 2 aliphatic rings. The quantitative estimate of drug-likeness (QED) is 0.468. The summed E-state index contributed by atoms with van der Waals surface area (Å²) < 4.78 is 23.1. The smallest absolute Gasteiger partial charge is 0.216 e. The topological polar surface area (TPSA) is 124 Å². The zero-order valence-electron chi connectivity index (χ0n) is 8.68. The van der Waals surface area contributed by atoms with Gasteiger partial charge in [0.05, 0.1) is 0 Å². The Morgan fingerprint density at radius 2 is 1.50 bits per heavy atom. The predicted molar refractivity (Wildman–Crippen MR) is 64.5 cm³/mol. The fourth-order valence-corrected chi connectivity index (χ4v) is 2.70. The van der Waals surface area contributed by atoms with E-state index in [-0.39, 0.29) is 20.2 Å². The van der Waals surface area contributed by atoms with Crippen LogP contribution in [0.5, 0.6) is 0 Å². The molecule has 8 nitrogen and oxygen atoms in total. The van der Waals surface area contributed by atoms with Gasteiger partial charge in [-0.3, -0.25) is 0 Å². The van der Waals surface area contributed by atoms with Gasteiger partial charge in [0.15, 0.2) is 15.1 Å². The fraction of sp³-hybridized carbons (Fsp3) is 0. The molecule has 0 aromatic rings. The average Bonchev–Trinajstić information content (AvgIpc) is 2.90. The fourth-order valence-electron chi connectivity index (χ4n) is 1.13. The summed E-state index contributed by atoms with van der Waals surface area (Å²) in [4.78, 5) is 14.6. The number of allylic oxidation sites excluding steroid dienone is 4. The molecule has 2 atom stereocenters. The molecule has 18 heavy (non-hydrogen) atoms. The standard InChI is InChI=1S/C8H6N4O4S2/c9-16-8-4-3-6(18(8)15)11-10-5-1-2-7(12-13)17(5)14/h1-4H,9H2/b11-10-. The van der Waals surface area contributed by atoms with Crippen LogP contribution in [0.3, 0.4) is 0 Å². The second-order valence-corrected chi connectivity index (χ2v) is 5.68. The van der Waals surface area contributed by atoms with Crippen molar-refractivity contribution < 1.29 is 13.3 Å². The highest BCUT2D eigenvalue weighted by Crippen LogP contribution is 2.25. The SMILES string of the molecule is NOC1=CC=C(/N=N\C2=CC=C(N=O)S2=O)S1=O. The summed E-state index contributed by atoms with van der Waals surface area (Å²) in [5.41, 5.74) is 0. The summed E-state index contributed by atoms with van der Waals surface area (Å²) in [6, 6.07) is 0. The lowest BCUT2D eigenvalue weighted by Crippen LogP contribution is -2.02. The van der Waals surface area contributed by atoms with Crippen LogP contribution in [0.2, 0.25) is 0 Å². The van der Waals surface area contributed by atoms with Crippen molar-refractivity contribution in [1.29, 1.82) is 0 Å². The van der Waals surface area contributed by atoms with Crippen molar-refractivity contribution in [2.45, 2.75) is 0 Å². The first-order chi connectivity index (χ1) is 8.67. The van der Waals surface area contributed by atoms with Crippen LogP contribution in [0.4, 0.5) is 0 Å². The third kappa shape index (κ3) is 2.25. The molecule has 10 heteroatoms. The molecule has 0 amide bonds. The van der Waals surface area contributed by atoms with E-state index in [0.29, 0.717) is 0 Å².